The highest BCUT2D eigenvalue weighted by Crippen LogP contribution is 1.92. The molecule has 0 fully saturated rings. The third-order valence-corrected chi connectivity index (χ3v) is 1.99. The van der Waals surface area contributed by atoms with Crippen molar-refractivity contribution in [2.45, 2.75) is 38.6 Å². The highest BCUT2D eigenvalue weighted by atomic mass is 16.4. The Balaban J connectivity index is 3.83. The Hall–Kier alpha value is -1.70. The first-order valence-electron chi connectivity index (χ1n) is 5.32. The van der Waals surface area contributed by atoms with Gasteiger partial charge in [0.15, 0.2) is 0 Å². The van der Waals surface area contributed by atoms with Crippen molar-refractivity contribution < 1.29 is 14.7 Å². The van der Waals surface area contributed by atoms with Gasteiger partial charge in [-0.2, -0.15) is 0 Å². The number of unbranched alkanes of at least 4 members (excludes halogenated alkanes) is 2. The van der Waals surface area contributed by atoms with Gasteiger partial charge in [-0.1, -0.05) is 19.8 Å². The Kier molecular flexibility index (Phi) is 7.68. The van der Waals surface area contributed by atoms with Gasteiger partial charge in [-0.15, -0.1) is 12.3 Å². The minimum atomic E-state index is -1.12. The van der Waals surface area contributed by atoms with Crippen molar-refractivity contribution in [3.63, 3.8) is 0 Å². The van der Waals surface area contributed by atoms with Gasteiger partial charge in [-0.3, -0.25) is 0 Å². The van der Waals surface area contributed by atoms with Gasteiger partial charge < -0.3 is 15.7 Å². The topological polar surface area (TPSA) is 78.4 Å². The molecule has 0 aromatic rings. The van der Waals surface area contributed by atoms with E-state index in [1.54, 1.807) is 0 Å². The standard InChI is InChI=1S/C11H18N2O3/c1-3-5-6-8-12-11(16)13-9(7-4-2)10(14)15/h2,9H,3,5-8H2,1H3,(H,14,15)(H2,12,13,16). The summed E-state index contributed by atoms with van der Waals surface area (Å²) in [5.41, 5.74) is 0. The van der Waals surface area contributed by atoms with Crippen molar-refractivity contribution in [3.8, 4) is 12.3 Å². The summed E-state index contributed by atoms with van der Waals surface area (Å²) in [7, 11) is 0. The quantitative estimate of drug-likeness (QED) is 0.447. The maximum absolute atomic E-state index is 11.2. The summed E-state index contributed by atoms with van der Waals surface area (Å²) in [5.74, 6) is 1.08. The van der Waals surface area contributed by atoms with Gasteiger partial charge in [0.25, 0.3) is 0 Å². The molecular weight excluding hydrogens is 208 g/mol. The fraction of sp³-hybridized carbons (Fsp3) is 0.636. The molecule has 5 nitrogen and oxygen atoms in total. The summed E-state index contributed by atoms with van der Waals surface area (Å²) in [4.78, 5) is 21.9. The molecule has 0 aliphatic carbocycles. The Morgan fingerprint density at radius 1 is 1.44 bits per heavy atom. The summed E-state index contributed by atoms with van der Waals surface area (Å²) in [6, 6.07) is -1.50. The van der Waals surface area contributed by atoms with E-state index in [4.69, 9.17) is 11.5 Å². The van der Waals surface area contributed by atoms with Crippen LogP contribution < -0.4 is 10.6 Å². The zero-order valence-corrected chi connectivity index (χ0v) is 9.45. The summed E-state index contributed by atoms with van der Waals surface area (Å²) in [6.45, 7) is 2.61. The van der Waals surface area contributed by atoms with Crippen LogP contribution in [0.1, 0.15) is 32.6 Å². The van der Waals surface area contributed by atoms with Crippen molar-refractivity contribution in [2.24, 2.45) is 0 Å². The van der Waals surface area contributed by atoms with Crippen LogP contribution in [-0.4, -0.2) is 29.7 Å². The summed E-state index contributed by atoms with van der Waals surface area (Å²) in [6.07, 6.45) is 7.97. The number of carbonyl (C=O) groups excluding carboxylic acids is 1. The number of carboxylic acids is 1. The molecule has 0 heterocycles. The Morgan fingerprint density at radius 2 is 2.12 bits per heavy atom. The Bertz CT molecular complexity index is 271. The van der Waals surface area contributed by atoms with Crippen LogP contribution in [0.25, 0.3) is 0 Å². The molecule has 0 saturated heterocycles. The number of urea groups is 1. The number of terminal acetylenes is 1. The predicted molar refractivity (Wildman–Crippen MR) is 60.9 cm³/mol. The molecule has 1 unspecified atom stereocenters. The first-order chi connectivity index (χ1) is 7.61. The minimum absolute atomic E-state index is 0.0162. The van der Waals surface area contributed by atoms with Gasteiger partial charge in [0.1, 0.15) is 6.04 Å². The molecule has 0 aromatic heterocycles. The second kappa shape index (κ2) is 8.60. The van der Waals surface area contributed by atoms with Gasteiger partial charge in [0.2, 0.25) is 0 Å². The predicted octanol–water partition coefficient (Wildman–Crippen LogP) is 0.952. The highest BCUT2D eigenvalue weighted by molar-refractivity contribution is 5.82. The highest BCUT2D eigenvalue weighted by Gasteiger charge is 2.17. The van der Waals surface area contributed by atoms with Crippen LogP contribution in [0.2, 0.25) is 0 Å². The number of carboxylic acid groups (broad SMARTS) is 1. The van der Waals surface area contributed by atoms with E-state index in [-0.39, 0.29) is 6.42 Å². The van der Waals surface area contributed by atoms with Crippen LogP contribution in [0.3, 0.4) is 0 Å². The number of aliphatic carboxylic acids is 1. The first-order valence-corrected chi connectivity index (χ1v) is 5.32. The molecule has 0 bridgehead atoms. The fourth-order valence-corrected chi connectivity index (χ4v) is 1.10. The molecule has 0 aliphatic heterocycles. The van der Waals surface area contributed by atoms with Crippen molar-refractivity contribution >= 4 is 12.0 Å². The lowest BCUT2D eigenvalue weighted by Crippen LogP contribution is -2.46. The van der Waals surface area contributed by atoms with Gasteiger partial charge in [0.05, 0.1) is 0 Å². The van der Waals surface area contributed by atoms with Crippen LogP contribution >= 0.6 is 0 Å². The van der Waals surface area contributed by atoms with Crippen LogP contribution in [0.4, 0.5) is 4.79 Å². The zero-order chi connectivity index (χ0) is 12.4. The van der Waals surface area contributed by atoms with Gasteiger partial charge in [-0.05, 0) is 6.42 Å². The van der Waals surface area contributed by atoms with Crippen molar-refractivity contribution in [1.29, 1.82) is 0 Å². The SMILES string of the molecule is C#CCC(NC(=O)NCCCCC)C(=O)O. The van der Waals surface area contributed by atoms with E-state index in [2.05, 4.69) is 23.5 Å². The summed E-state index contributed by atoms with van der Waals surface area (Å²) >= 11 is 0. The molecule has 0 rings (SSSR count). The molecule has 1 atom stereocenters. The minimum Gasteiger partial charge on any atom is -0.480 e. The number of amides is 2. The van der Waals surface area contributed by atoms with Crippen molar-refractivity contribution in [3.05, 3.63) is 0 Å². The Morgan fingerprint density at radius 3 is 2.62 bits per heavy atom. The number of nitrogens with one attached hydrogen (secondary N) is 2. The van der Waals surface area contributed by atoms with Crippen molar-refractivity contribution in [2.75, 3.05) is 6.54 Å². The van der Waals surface area contributed by atoms with Crippen LogP contribution in [0, 0.1) is 12.3 Å². The number of hydrogen-bond donors (Lipinski definition) is 3. The monoisotopic (exact) mass is 226 g/mol. The molecule has 3 N–H and O–H groups in total. The zero-order valence-electron chi connectivity index (χ0n) is 9.45. The van der Waals surface area contributed by atoms with E-state index in [1.807, 2.05) is 0 Å². The van der Waals surface area contributed by atoms with E-state index < -0.39 is 18.0 Å². The largest absolute Gasteiger partial charge is 0.480 e. The lowest BCUT2D eigenvalue weighted by Gasteiger charge is -2.12. The normalized spacial score (nSPS) is 11.2. The molecule has 90 valence electrons. The van der Waals surface area contributed by atoms with Gasteiger partial charge >= 0.3 is 12.0 Å². The summed E-state index contributed by atoms with van der Waals surface area (Å²) in [5, 5.41) is 13.6. The molecular formula is C11H18N2O3. The number of carbonyl (C=O) groups is 2. The lowest BCUT2D eigenvalue weighted by atomic mass is 10.2. The molecule has 0 radical (unpaired) electrons. The van der Waals surface area contributed by atoms with Crippen LogP contribution in [0.15, 0.2) is 0 Å². The first kappa shape index (κ1) is 14.3. The van der Waals surface area contributed by atoms with E-state index in [0.717, 1.165) is 19.3 Å². The molecule has 0 aromatic carbocycles. The maximum Gasteiger partial charge on any atom is 0.327 e. The van der Waals surface area contributed by atoms with Gasteiger partial charge in [0, 0.05) is 13.0 Å². The van der Waals surface area contributed by atoms with Crippen LogP contribution in [-0.2, 0) is 4.79 Å². The fourth-order valence-electron chi connectivity index (χ4n) is 1.10. The van der Waals surface area contributed by atoms with E-state index in [0.29, 0.717) is 6.54 Å². The average molecular weight is 226 g/mol. The maximum atomic E-state index is 11.2. The second-order valence-corrected chi connectivity index (χ2v) is 3.41. The average Bonchev–Trinajstić information content (AvgIpc) is 2.23. The molecule has 2 amide bonds. The van der Waals surface area contributed by atoms with Crippen LogP contribution in [0.5, 0.6) is 0 Å². The number of rotatable bonds is 7. The van der Waals surface area contributed by atoms with E-state index in [1.165, 1.54) is 0 Å². The van der Waals surface area contributed by atoms with Crippen molar-refractivity contribution in [1.82, 2.24) is 10.6 Å². The number of hydrogen-bond acceptors (Lipinski definition) is 2. The van der Waals surface area contributed by atoms with E-state index >= 15 is 0 Å². The van der Waals surface area contributed by atoms with Gasteiger partial charge in [-0.25, -0.2) is 9.59 Å². The smallest absolute Gasteiger partial charge is 0.327 e. The molecule has 0 spiro atoms. The molecule has 16 heavy (non-hydrogen) atoms. The summed E-state index contributed by atoms with van der Waals surface area (Å²) < 4.78 is 0. The second-order valence-electron chi connectivity index (χ2n) is 3.41. The molecule has 0 saturated carbocycles. The molecule has 5 heteroatoms. The molecule has 0 aliphatic rings. The Labute approximate surface area is 95.6 Å². The third-order valence-electron chi connectivity index (χ3n) is 1.99. The third kappa shape index (κ3) is 6.71. The van der Waals surface area contributed by atoms with E-state index in [9.17, 15) is 9.59 Å². The lowest BCUT2D eigenvalue weighted by molar-refractivity contribution is -0.139.